The van der Waals surface area contributed by atoms with Gasteiger partial charge in [-0.25, -0.2) is 4.98 Å². The molecule has 146 valence electrons. The van der Waals surface area contributed by atoms with Gasteiger partial charge in [0.15, 0.2) is 0 Å². The number of carbonyl (C=O) groups is 1. The number of nitrogens with zero attached hydrogens (tertiary/aromatic N) is 2. The van der Waals surface area contributed by atoms with Crippen molar-refractivity contribution in [2.45, 2.75) is 33.2 Å². The summed E-state index contributed by atoms with van der Waals surface area (Å²) < 4.78 is 10.5. The van der Waals surface area contributed by atoms with Crippen LogP contribution >= 0.6 is 0 Å². The smallest absolute Gasteiger partial charge is 0.220 e. The Balaban J connectivity index is 1.89. The third-order valence-corrected chi connectivity index (χ3v) is 4.44. The molecular formula is C21H29N3O3. The van der Waals surface area contributed by atoms with Gasteiger partial charge in [-0.2, -0.15) is 0 Å². The third kappa shape index (κ3) is 6.16. The maximum absolute atomic E-state index is 12.2. The van der Waals surface area contributed by atoms with E-state index in [1.165, 1.54) is 0 Å². The fraction of sp³-hybridized carbons (Fsp3) is 0.429. The number of nitrogens with one attached hydrogen (secondary N) is 1. The van der Waals surface area contributed by atoms with Gasteiger partial charge in [0.25, 0.3) is 0 Å². The molecule has 6 heteroatoms. The molecule has 0 aliphatic rings. The summed E-state index contributed by atoms with van der Waals surface area (Å²) in [6.07, 6.45) is 2.93. The van der Waals surface area contributed by atoms with Crippen LogP contribution in [0.25, 0.3) is 0 Å². The molecule has 1 aromatic heterocycles. The number of amides is 1. The minimum absolute atomic E-state index is 0.0120. The average Bonchev–Trinajstić information content (AvgIpc) is 2.71. The number of methoxy groups -OCH3 is 2. The van der Waals surface area contributed by atoms with Gasteiger partial charge in [-0.1, -0.05) is 0 Å². The van der Waals surface area contributed by atoms with E-state index in [9.17, 15) is 4.79 Å². The molecule has 1 N–H and O–H groups in total. The average molecular weight is 371 g/mol. The van der Waals surface area contributed by atoms with Crippen molar-refractivity contribution < 1.29 is 14.3 Å². The van der Waals surface area contributed by atoms with E-state index in [1.807, 2.05) is 30.5 Å². The normalized spacial score (nSPS) is 10.4. The molecule has 1 heterocycles. The van der Waals surface area contributed by atoms with Gasteiger partial charge in [-0.3, -0.25) is 4.79 Å². The van der Waals surface area contributed by atoms with Crippen LogP contribution in [0.15, 0.2) is 36.5 Å². The molecule has 0 saturated heterocycles. The van der Waals surface area contributed by atoms with Crippen LogP contribution in [0.5, 0.6) is 11.5 Å². The fourth-order valence-corrected chi connectivity index (χ4v) is 2.85. The first-order chi connectivity index (χ1) is 13.1. The number of aromatic nitrogens is 1. The van der Waals surface area contributed by atoms with Gasteiger partial charge in [-0.05, 0) is 55.7 Å². The number of hydrogen-bond donors (Lipinski definition) is 1. The summed E-state index contributed by atoms with van der Waals surface area (Å²) in [7, 11) is 3.22. The highest BCUT2D eigenvalue weighted by Gasteiger charge is 2.08. The van der Waals surface area contributed by atoms with Crippen LogP contribution < -0.4 is 19.7 Å². The lowest BCUT2D eigenvalue weighted by Gasteiger charge is -2.20. The summed E-state index contributed by atoms with van der Waals surface area (Å²) in [6.45, 7) is 6.49. The molecule has 1 amide bonds. The molecule has 0 saturated carbocycles. The Bertz CT molecular complexity index is 723. The predicted octanol–water partition coefficient (Wildman–Crippen LogP) is 3.19. The van der Waals surface area contributed by atoms with Crippen LogP contribution in [0.4, 0.5) is 5.82 Å². The molecule has 2 rings (SSSR count). The van der Waals surface area contributed by atoms with Crippen molar-refractivity contribution in [3.05, 3.63) is 47.7 Å². The number of anilines is 1. The summed E-state index contributed by atoms with van der Waals surface area (Å²) in [4.78, 5) is 18.8. The van der Waals surface area contributed by atoms with Crippen molar-refractivity contribution in [1.82, 2.24) is 10.3 Å². The second-order valence-electron chi connectivity index (χ2n) is 6.19. The minimum atomic E-state index is 0.0120. The lowest BCUT2D eigenvalue weighted by atomic mass is 10.1. The molecule has 6 nitrogen and oxygen atoms in total. The fourth-order valence-electron chi connectivity index (χ4n) is 2.85. The summed E-state index contributed by atoms with van der Waals surface area (Å²) in [5, 5.41) is 2.96. The van der Waals surface area contributed by atoms with E-state index in [-0.39, 0.29) is 5.91 Å². The van der Waals surface area contributed by atoms with Gasteiger partial charge in [0.05, 0.1) is 14.2 Å². The zero-order valence-corrected chi connectivity index (χ0v) is 16.6. The van der Waals surface area contributed by atoms with Gasteiger partial charge >= 0.3 is 0 Å². The van der Waals surface area contributed by atoms with Gasteiger partial charge < -0.3 is 19.7 Å². The number of hydrogen-bond acceptors (Lipinski definition) is 5. The van der Waals surface area contributed by atoms with Crippen molar-refractivity contribution in [2.24, 2.45) is 0 Å². The number of aryl methyl sites for hydroxylation is 1. The highest BCUT2D eigenvalue weighted by molar-refractivity contribution is 5.76. The summed E-state index contributed by atoms with van der Waals surface area (Å²) in [6, 6.07) is 9.62. The molecule has 0 aliphatic carbocycles. The van der Waals surface area contributed by atoms with E-state index >= 15 is 0 Å². The monoisotopic (exact) mass is 371 g/mol. The first-order valence-corrected chi connectivity index (χ1v) is 9.28. The largest absolute Gasteiger partial charge is 0.497 e. The zero-order valence-electron chi connectivity index (χ0n) is 16.6. The van der Waals surface area contributed by atoms with Crippen molar-refractivity contribution in [3.63, 3.8) is 0 Å². The Labute approximate surface area is 161 Å². The lowest BCUT2D eigenvalue weighted by Crippen LogP contribution is -2.24. The van der Waals surface area contributed by atoms with E-state index < -0.39 is 0 Å². The first kappa shape index (κ1) is 20.6. The molecule has 0 spiro atoms. The standard InChI is InChI=1S/C21H29N3O3/c1-5-24(6-2)20-13-16(9-10-22-20)7-8-21(25)23-15-17-11-18(26-3)14-19(12-17)27-4/h9-14H,5-8,15H2,1-4H3,(H,23,25). The topological polar surface area (TPSA) is 63.7 Å². The number of rotatable bonds is 10. The molecule has 0 atom stereocenters. The quantitative estimate of drug-likeness (QED) is 0.695. The van der Waals surface area contributed by atoms with Gasteiger partial charge in [0, 0.05) is 38.3 Å². The molecule has 0 unspecified atom stereocenters. The SMILES string of the molecule is CCN(CC)c1cc(CCC(=O)NCc2cc(OC)cc(OC)c2)ccn1. The Morgan fingerprint density at radius 3 is 2.30 bits per heavy atom. The van der Waals surface area contributed by atoms with Crippen LogP contribution in [-0.2, 0) is 17.8 Å². The highest BCUT2D eigenvalue weighted by Crippen LogP contribution is 2.22. The van der Waals surface area contributed by atoms with Crippen LogP contribution in [0.2, 0.25) is 0 Å². The van der Waals surface area contributed by atoms with Crippen LogP contribution in [0.1, 0.15) is 31.4 Å². The van der Waals surface area contributed by atoms with E-state index in [4.69, 9.17) is 9.47 Å². The van der Waals surface area contributed by atoms with Crippen molar-refractivity contribution >= 4 is 11.7 Å². The lowest BCUT2D eigenvalue weighted by molar-refractivity contribution is -0.121. The molecule has 27 heavy (non-hydrogen) atoms. The van der Waals surface area contributed by atoms with E-state index in [0.717, 1.165) is 30.0 Å². The molecule has 0 bridgehead atoms. The van der Waals surface area contributed by atoms with Gasteiger partial charge in [0.2, 0.25) is 5.91 Å². The van der Waals surface area contributed by atoms with Crippen molar-refractivity contribution in [2.75, 3.05) is 32.2 Å². The minimum Gasteiger partial charge on any atom is -0.497 e. The van der Waals surface area contributed by atoms with Crippen LogP contribution in [-0.4, -0.2) is 38.2 Å². The second-order valence-corrected chi connectivity index (χ2v) is 6.19. The Morgan fingerprint density at radius 2 is 1.70 bits per heavy atom. The number of pyridine rings is 1. The predicted molar refractivity (Wildman–Crippen MR) is 108 cm³/mol. The number of ether oxygens (including phenoxy) is 2. The molecule has 0 aliphatic heterocycles. The maximum Gasteiger partial charge on any atom is 0.220 e. The molecular weight excluding hydrogens is 342 g/mol. The van der Waals surface area contributed by atoms with Crippen LogP contribution in [0.3, 0.4) is 0 Å². The first-order valence-electron chi connectivity index (χ1n) is 9.28. The molecule has 1 aromatic carbocycles. The molecule has 0 radical (unpaired) electrons. The molecule has 2 aromatic rings. The van der Waals surface area contributed by atoms with Gasteiger partial charge in [-0.15, -0.1) is 0 Å². The van der Waals surface area contributed by atoms with E-state index in [2.05, 4.69) is 35.1 Å². The third-order valence-electron chi connectivity index (χ3n) is 4.44. The van der Waals surface area contributed by atoms with Crippen molar-refractivity contribution in [1.29, 1.82) is 0 Å². The van der Waals surface area contributed by atoms with E-state index in [0.29, 0.717) is 30.9 Å². The summed E-state index contributed by atoms with van der Waals surface area (Å²) >= 11 is 0. The van der Waals surface area contributed by atoms with Crippen molar-refractivity contribution in [3.8, 4) is 11.5 Å². The Hall–Kier alpha value is -2.76. The zero-order chi connectivity index (χ0) is 19.6. The van der Waals surface area contributed by atoms with E-state index in [1.54, 1.807) is 14.2 Å². The maximum atomic E-state index is 12.2. The summed E-state index contributed by atoms with van der Waals surface area (Å²) in [5.74, 6) is 2.39. The summed E-state index contributed by atoms with van der Waals surface area (Å²) in [5.41, 5.74) is 2.05. The number of benzene rings is 1. The highest BCUT2D eigenvalue weighted by atomic mass is 16.5. The Kier molecular flexibility index (Phi) is 7.92. The van der Waals surface area contributed by atoms with Gasteiger partial charge in [0.1, 0.15) is 17.3 Å². The Morgan fingerprint density at radius 1 is 1.04 bits per heavy atom. The van der Waals surface area contributed by atoms with Crippen LogP contribution in [0, 0.1) is 0 Å². The number of carbonyl (C=O) groups excluding carboxylic acids is 1. The molecule has 0 fully saturated rings. The second kappa shape index (κ2) is 10.4.